The smallest absolute Gasteiger partial charge is 0.271 e. The quantitative estimate of drug-likeness (QED) is 0.119. The lowest BCUT2D eigenvalue weighted by molar-refractivity contribution is 0.102. The van der Waals surface area contributed by atoms with E-state index in [1.54, 1.807) is 50.6 Å². The van der Waals surface area contributed by atoms with Crippen molar-refractivity contribution in [3.8, 4) is 33.5 Å². The molecule has 49 heavy (non-hydrogen) atoms. The van der Waals surface area contributed by atoms with Gasteiger partial charge in [-0.3, -0.25) is 24.1 Å². The van der Waals surface area contributed by atoms with Crippen LogP contribution in [0.2, 0.25) is 5.02 Å². The van der Waals surface area contributed by atoms with Crippen molar-refractivity contribution in [3.05, 3.63) is 124 Å². The van der Waals surface area contributed by atoms with E-state index >= 15 is 4.39 Å². The Hall–Kier alpha value is -5.14. The summed E-state index contributed by atoms with van der Waals surface area (Å²) >= 11 is 7.44. The van der Waals surface area contributed by atoms with Crippen LogP contribution in [0.4, 0.5) is 10.1 Å². The van der Waals surface area contributed by atoms with E-state index < -0.39 is 17.3 Å². The number of carbonyl (C=O) groups is 1. The molecule has 6 aromatic rings. The number of benzene rings is 2. The minimum Gasteiger partial charge on any atom is -0.493 e. The molecule has 10 nitrogen and oxygen atoms in total. The maximum Gasteiger partial charge on any atom is 0.271 e. The van der Waals surface area contributed by atoms with E-state index in [9.17, 15) is 9.59 Å². The molecule has 250 valence electrons. The lowest BCUT2D eigenvalue weighted by Gasteiger charge is -2.14. The summed E-state index contributed by atoms with van der Waals surface area (Å²) in [4.78, 5) is 36.8. The number of hydrogen-bond acceptors (Lipinski definition) is 9. The molecule has 0 saturated heterocycles. The number of methoxy groups -OCH3 is 1. The normalized spacial score (nSPS) is 11.1. The third-order valence-electron chi connectivity index (χ3n) is 7.36. The van der Waals surface area contributed by atoms with Crippen LogP contribution in [-0.2, 0) is 11.3 Å². The molecule has 13 heteroatoms. The molecule has 4 heterocycles. The van der Waals surface area contributed by atoms with Crippen LogP contribution in [-0.4, -0.2) is 47.3 Å². The maximum absolute atomic E-state index is 15.4. The highest BCUT2D eigenvalue weighted by atomic mass is 35.5. The number of fused-ring (bicyclic) bond motifs is 1. The topological polar surface area (TPSA) is 117 Å². The second-order valence-corrected chi connectivity index (χ2v) is 12.2. The Morgan fingerprint density at radius 3 is 2.57 bits per heavy atom. The van der Waals surface area contributed by atoms with Crippen LogP contribution >= 0.6 is 22.9 Å². The number of thiophene rings is 1. The number of pyridine rings is 3. The van der Waals surface area contributed by atoms with Gasteiger partial charge in [0, 0.05) is 67.3 Å². The molecule has 0 aliphatic heterocycles. The second kappa shape index (κ2) is 15.4. The molecule has 0 spiro atoms. The molecule has 0 aliphatic rings. The van der Waals surface area contributed by atoms with Crippen molar-refractivity contribution in [2.45, 2.75) is 13.5 Å². The minimum absolute atomic E-state index is 0.0521. The number of amides is 1. The molecule has 0 saturated carbocycles. The maximum atomic E-state index is 15.4. The molecular formula is C36H31ClFN5O5S. The van der Waals surface area contributed by atoms with Crippen LogP contribution in [0, 0.1) is 5.82 Å². The van der Waals surface area contributed by atoms with Crippen molar-refractivity contribution in [3.63, 3.8) is 0 Å². The highest BCUT2D eigenvalue weighted by Gasteiger charge is 2.21. The van der Waals surface area contributed by atoms with Gasteiger partial charge in [-0.05, 0) is 67.1 Å². The largest absolute Gasteiger partial charge is 0.493 e. The number of halogens is 2. The molecule has 2 aromatic carbocycles. The SMILES string of the molecule is CCOc1ccn(-c2ccc(Cl)cc2)c(=O)c1C(=O)Nc1ccc(Oc2ccnc3cc(-c4ccc(CNCCOC)cn4)sc23)c(F)c1. The third kappa shape index (κ3) is 7.79. The number of nitrogens with zero attached hydrogens (tertiary/aromatic N) is 3. The Morgan fingerprint density at radius 2 is 1.84 bits per heavy atom. The number of ether oxygens (including phenoxy) is 3. The van der Waals surface area contributed by atoms with Gasteiger partial charge in [-0.25, -0.2) is 4.39 Å². The first-order chi connectivity index (χ1) is 23.8. The number of carbonyl (C=O) groups excluding carboxylic acids is 1. The lowest BCUT2D eigenvalue weighted by Crippen LogP contribution is -2.29. The molecule has 1 amide bonds. The predicted molar refractivity (Wildman–Crippen MR) is 189 cm³/mol. The van der Waals surface area contributed by atoms with Crippen molar-refractivity contribution in [1.82, 2.24) is 19.9 Å². The monoisotopic (exact) mass is 699 g/mol. The van der Waals surface area contributed by atoms with Crippen LogP contribution in [0.1, 0.15) is 22.8 Å². The minimum atomic E-state index is -0.754. The number of rotatable bonds is 13. The van der Waals surface area contributed by atoms with Crippen LogP contribution in [0.15, 0.2) is 96.2 Å². The van der Waals surface area contributed by atoms with E-state index in [2.05, 4.69) is 20.6 Å². The van der Waals surface area contributed by atoms with Gasteiger partial charge in [0.1, 0.15) is 17.1 Å². The average molecular weight is 700 g/mol. The van der Waals surface area contributed by atoms with Crippen LogP contribution < -0.4 is 25.7 Å². The molecule has 0 radical (unpaired) electrons. The van der Waals surface area contributed by atoms with E-state index in [0.29, 0.717) is 35.1 Å². The number of nitrogens with one attached hydrogen (secondary N) is 2. The molecule has 0 fully saturated rings. The summed E-state index contributed by atoms with van der Waals surface area (Å²) in [5, 5.41) is 6.42. The highest BCUT2D eigenvalue weighted by Crippen LogP contribution is 2.39. The van der Waals surface area contributed by atoms with E-state index in [1.807, 2.05) is 24.4 Å². The van der Waals surface area contributed by atoms with Gasteiger partial charge in [-0.1, -0.05) is 17.7 Å². The zero-order chi connectivity index (χ0) is 34.3. The zero-order valence-electron chi connectivity index (χ0n) is 26.5. The van der Waals surface area contributed by atoms with Crippen molar-refractivity contribution < 1.29 is 23.4 Å². The fourth-order valence-electron chi connectivity index (χ4n) is 4.99. The number of hydrogen-bond donors (Lipinski definition) is 2. The summed E-state index contributed by atoms with van der Waals surface area (Å²) in [5.41, 5.74) is 2.32. The number of aromatic nitrogens is 3. The van der Waals surface area contributed by atoms with Crippen LogP contribution in [0.25, 0.3) is 26.5 Å². The van der Waals surface area contributed by atoms with Gasteiger partial charge in [-0.15, -0.1) is 11.3 Å². The Kier molecular flexibility index (Phi) is 10.6. The van der Waals surface area contributed by atoms with Crippen LogP contribution in [0.3, 0.4) is 0 Å². The Balaban J connectivity index is 1.19. The summed E-state index contributed by atoms with van der Waals surface area (Å²) < 4.78 is 34.1. The Labute approximate surface area is 290 Å². The van der Waals surface area contributed by atoms with Crippen molar-refractivity contribution in [1.29, 1.82) is 0 Å². The van der Waals surface area contributed by atoms with Crippen molar-refractivity contribution in [2.75, 3.05) is 32.2 Å². The standard InChI is InChI=1S/C36H31ClFN5O5S/c1-3-47-30-13-16-43(25-8-5-23(37)6-9-25)36(45)33(30)35(44)42-24-7-11-29(26(38)18-24)48-31-12-14-40-28-19-32(49-34(28)31)27-10-4-22(21-41-27)20-39-15-17-46-2/h4-14,16,18-19,21,39H,3,15,17,20H2,1-2H3,(H,42,44). The van der Waals surface area contributed by atoms with Gasteiger partial charge in [0.15, 0.2) is 11.6 Å². The molecule has 0 aliphatic carbocycles. The molecule has 6 rings (SSSR count). The summed E-state index contributed by atoms with van der Waals surface area (Å²) in [6.45, 7) is 4.04. The molecular weight excluding hydrogens is 669 g/mol. The van der Waals surface area contributed by atoms with Gasteiger partial charge in [0.05, 0.1) is 34.0 Å². The zero-order valence-corrected chi connectivity index (χ0v) is 28.1. The van der Waals surface area contributed by atoms with Gasteiger partial charge in [0.2, 0.25) is 0 Å². The first-order valence-electron chi connectivity index (χ1n) is 15.3. The molecule has 4 aromatic heterocycles. The molecule has 0 atom stereocenters. The van der Waals surface area contributed by atoms with Gasteiger partial charge in [-0.2, -0.15) is 0 Å². The highest BCUT2D eigenvalue weighted by molar-refractivity contribution is 7.22. The first kappa shape index (κ1) is 33.7. The van der Waals surface area contributed by atoms with Crippen molar-refractivity contribution in [2.24, 2.45) is 0 Å². The van der Waals surface area contributed by atoms with Crippen LogP contribution in [0.5, 0.6) is 17.2 Å². The third-order valence-corrected chi connectivity index (χ3v) is 8.77. The predicted octanol–water partition coefficient (Wildman–Crippen LogP) is 7.48. The Bertz CT molecular complexity index is 2160. The summed E-state index contributed by atoms with van der Waals surface area (Å²) in [7, 11) is 1.67. The van der Waals surface area contributed by atoms with Gasteiger partial charge >= 0.3 is 0 Å². The Morgan fingerprint density at radius 1 is 1.00 bits per heavy atom. The van der Waals surface area contributed by atoms with E-state index in [-0.39, 0.29) is 29.4 Å². The fourth-order valence-corrected chi connectivity index (χ4v) is 6.15. The van der Waals surface area contributed by atoms with Gasteiger partial charge < -0.3 is 24.8 Å². The van der Waals surface area contributed by atoms with Gasteiger partial charge in [0.25, 0.3) is 11.5 Å². The average Bonchev–Trinajstić information content (AvgIpc) is 3.54. The molecule has 0 unspecified atom stereocenters. The summed E-state index contributed by atoms with van der Waals surface area (Å²) in [6, 6.07) is 19.7. The summed E-state index contributed by atoms with van der Waals surface area (Å²) in [6.07, 6.45) is 4.93. The number of anilines is 1. The van der Waals surface area contributed by atoms with E-state index in [4.69, 9.17) is 25.8 Å². The molecule has 0 bridgehead atoms. The van der Waals surface area contributed by atoms with Crippen molar-refractivity contribution >= 4 is 44.7 Å². The van der Waals surface area contributed by atoms with E-state index in [0.717, 1.165) is 33.4 Å². The lowest BCUT2D eigenvalue weighted by atomic mass is 10.2. The fraction of sp³-hybridized carbons (Fsp3) is 0.167. The first-order valence-corrected chi connectivity index (χ1v) is 16.5. The molecule has 2 N–H and O–H groups in total. The summed E-state index contributed by atoms with van der Waals surface area (Å²) in [5.74, 6) is -0.995. The second-order valence-electron chi connectivity index (χ2n) is 10.7. The van der Waals surface area contributed by atoms with E-state index in [1.165, 1.54) is 40.3 Å².